The Hall–Kier alpha value is -0.900. The number of carbonyl (C=O) groups excluding carboxylic acids is 2. The second kappa shape index (κ2) is 11.1. The highest BCUT2D eigenvalue weighted by Gasteiger charge is 2.49. The largest absolute Gasteiger partial charge is 0.332 e. The van der Waals surface area contributed by atoms with E-state index in [-0.39, 0.29) is 34.7 Å². The van der Waals surface area contributed by atoms with E-state index in [1.807, 2.05) is 4.90 Å². The molecule has 0 aliphatic carbocycles. The molecule has 2 rings (SSSR count). The number of unbranched alkanes of at least 4 members (excludes halogenated alkanes) is 9. The summed E-state index contributed by atoms with van der Waals surface area (Å²) < 4.78 is 0. The number of amides is 1. The van der Waals surface area contributed by atoms with Crippen LogP contribution in [-0.4, -0.2) is 52.2 Å². The molecule has 0 saturated carbocycles. The standard InChI is InChI=1S/C26H48N2O2/c1-7-8-9-10-11-12-13-14-15-16-17-22-23(29)20-28(24(22)30)21-18-25(2,3)27(6)26(4,5)19-21/h21-22H,7-20H2,1-6H3. The minimum atomic E-state index is -0.370. The van der Waals surface area contributed by atoms with E-state index in [1.54, 1.807) is 0 Å². The topological polar surface area (TPSA) is 40.6 Å². The summed E-state index contributed by atoms with van der Waals surface area (Å²) >= 11 is 0. The van der Waals surface area contributed by atoms with E-state index in [9.17, 15) is 9.59 Å². The molecular weight excluding hydrogens is 372 g/mol. The van der Waals surface area contributed by atoms with E-state index < -0.39 is 0 Å². The molecule has 0 aromatic heterocycles. The Labute approximate surface area is 186 Å². The maximum absolute atomic E-state index is 13.1. The van der Waals surface area contributed by atoms with Crippen molar-refractivity contribution < 1.29 is 9.59 Å². The molecule has 0 aromatic rings. The van der Waals surface area contributed by atoms with Crippen LogP contribution >= 0.6 is 0 Å². The van der Waals surface area contributed by atoms with Crippen LogP contribution in [0, 0.1) is 5.92 Å². The van der Waals surface area contributed by atoms with Crippen molar-refractivity contribution in [2.45, 2.75) is 135 Å². The second-order valence-electron chi connectivity index (χ2n) is 11.2. The molecule has 1 amide bonds. The zero-order chi connectivity index (χ0) is 22.4. The predicted octanol–water partition coefficient (Wildman–Crippen LogP) is 5.98. The molecule has 0 radical (unpaired) electrons. The average Bonchev–Trinajstić information content (AvgIpc) is 2.95. The molecule has 4 heteroatoms. The van der Waals surface area contributed by atoms with Crippen molar-refractivity contribution in [2.75, 3.05) is 13.6 Å². The zero-order valence-electron chi connectivity index (χ0n) is 20.8. The SMILES string of the molecule is CCCCCCCCCCCCC1C(=O)CN(C2CC(C)(C)N(C)C(C)(C)C2)C1=O. The van der Waals surface area contributed by atoms with E-state index in [1.165, 1.54) is 51.4 Å². The van der Waals surface area contributed by atoms with Crippen molar-refractivity contribution in [2.24, 2.45) is 5.92 Å². The minimum absolute atomic E-state index is 0.0321. The lowest BCUT2D eigenvalue weighted by molar-refractivity contribution is -0.137. The fraction of sp³-hybridized carbons (Fsp3) is 0.923. The predicted molar refractivity (Wildman–Crippen MR) is 126 cm³/mol. The van der Waals surface area contributed by atoms with Gasteiger partial charge in [-0.1, -0.05) is 71.1 Å². The van der Waals surface area contributed by atoms with Crippen LogP contribution in [0.4, 0.5) is 0 Å². The first-order valence-electron chi connectivity index (χ1n) is 12.7. The smallest absolute Gasteiger partial charge is 0.233 e. The van der Waals surface area contributed by atoms with Gasteiger partial charge >= 0.3 is 0 Å². The molecule has 2 heterocycles. The summed E-state index contributed by atoms with van der Waals surface area (Å²) in [5.41, 5.74) is 0.0642. The first-order valence-corrected chi connectivity index (χ1v) is 12.7. The van der Waals surface area contributed by atoms with Gasteiger partial charge in [-0.25, -0.2) is 0 Å². The summed E-state index contributed by atoms with van der Waals surface area (Å²) in [7, 11) is 2.18. The van der Waals surface area contributed by atoms with Crippen LogP contribution in [0.15, 0.2) is 0 Å². The van der Waals surface area contributed by atoms with E-state index in [0.717, 1.165) is 32.1 Å². The Kier molecular flexibility index (Phi) is 9.39. The molecule has 0 bridgehead atoms. The van der Waals surface area contributed by atoms with Gasteiger partial charge in [0.05, 0.1) is 12.5 Å². The van der Waals surface area contributed by atoms with E-state index in [0.29, 0.717) is 6.54 Å². The van der Waals surface area contributed by atoms with Crippen molar-refractivity contribution in [3.05, 3.63) is 0 Å². The molecule has 0 N–H and O–H groups in total. The number of carbonyl (C=O) groups is 2. The normalized spacial score (nSPS) is 24.7. The van der Waals surface area contributed by atoms with Gasteiger partial charge in [-0.05, 0) is 54.0 Å². The fourth-order valence-corrected chi connectivity index (χ4v) is 5.66. The van der Waals surface area contributed by atoms with Gasteiger partial charge in [0.1, 0.15) is 0 Å². The van der Waals surface area contributed by atoms with Crippen LogP contribution in [0.3, 0.4) is 0 Å². The Morgan fingerprint density at radius 1 is 0.800 bits per heavy atom. The van der Waals surface area contributed by atoms with Crippen LogP contribution in [0.25, 0.3) is 0 Å². The summed E-state index contributed by atoms with van der Waals surface area (Å²) in [4.78, 5) is 30.1. The van der Waals surface area contributed by atoms with Crippen LogP contribution in [0.1, 0.15) is 118 Å². The minimum Gasteiger partial charge on any atom is -0.332 e. The number of rotatable bonds is 12. The highest BCUT2D eigenvalue weighted by atomic mass is 16.2. The number of piperidine rings is 1. The van der Waals surface area contributed by atoms with Gasteiger partial charge in [0.25, 0.3) is 0 Å². The molecule has 2 saturated heterocycles. The maximum atomic E-state index is 13.1. The first kappa shape index (κ1) is 25.4. The van der Waals surface area contributed by atoms with Gasteiger partial charge in [-0.3, -0.25) is 14.5 Å². The summed E-state index contributed by atoms with van der Waals surface area (Å²) in [6.07, 6.45) is 15.5. The average molecular weight is 421 g/mol. The monoisotopic (exact) mass is 420 g/mol. The molecule has 2 aliphatic heterocycles. The van der Waals surface area contributed by atoms with Gasteiger partial charge in [0.15, 0.2) is 5.78 Å². The quantitative estimate of drug-likeness (QED) is 0.288. The molecule has 1 unspecified atom stereocenters. The number of Topliss-reactive ketones (excluding diaryl/α,β-unsaturated/α-hetero) is 1. The lowest BCUT2D eigenvalue weighted by Gasteiger charge is -2.55. The molecular formula is C26H48N2O2. The van der Waals surface area contributed by atoms with Crippen LogP contribution in [0.2, 0.25) is 0 Å². The maximum Gasteiger partial charge on any atom is 0.233 e. The summed E-state index contributed by atoms with van der Waals surface area (Å²) in [6, 6.07) is 0.181. The molecule has 2 fully saturated rings. The van der Waals surface area contributed by atoms with Crippen molar-refractivity contribution >= 4 is 11.7 Å². The lowest BCUT2D eigenvalue weighted by atomic mass is 9.77. The van der Waals surface area contributed by atoms with E-state index in [4.69, 9.17) is 0 Å². The van der Waals surface area contributed by atoms with Crippen molar-refractivity contribution in [3.63, 3.8) is 0 Å². The van der Waals surface area contributed by atoms with Crippen LogP contribution in [0.5, 0.6) is 0 Å². The van der Waals surface area contributed by atoms with Crippen molar-refractivity contribution in [1.29, 1.82) is 0 Å². The Bertz CT molecular complexity index is 551. The Morgan fingerprint density at radius 3 is 1.77 bits per heavy atom. The number of hydrogen-bond acceptors (Lipinski definition) is 3. The van der Waals surface area contributed by atoms with Crippen LogP contribution in [-0.2, 0) is 9.59 Å². The van der Waals surface area contributed by atoms with Gasteiger partial charge in [0, 0.05) is 17.1 Å². The van der Waals surface area contributed by atoms with Crippen molar-refractivity contribution in [3.8, 4) is 0 Å². The number of ketones is 1. The summed E-state index contributed by atoms with van der Waals surface area (Å²) in [6.45, 7) is 11.6. The number of nitrogens with zero attached hydrogens (tertiary/aromatic N) is 2. The first-order chi connectivity index (χ1) is 14.1. The van der Waals surface area contributed by atoms with Gasteiger partial charge in [0.2, 0.25) is 5.91 Å². The van der Waals surface area contributed by atoms with Gasteiger partial charge in [-0.15, -0.1) is 0 Å². The molecule has 0 spiro atoms. The Balaban J connectivity index is 1.73. The number of hydrogen-bond donors (Lipinski definition) is 0. The highest BCUT2D eigenvalue weighted by molar-refractivity contribution is 6.08. The van der Waals surface area contributed by atoms with Gasteiger partial charge in [-0.2, -0.15) is 0 Å². The third kappa shape index (κ3) is 6.55. The molecule has 174 valence electrons. The molecule has 30 heavy (non-hydrogen) atoms. The van der Waals surface area contributed by atoms with E-state index in [2.05, 4.69) is 46.6 Å². The number of likely N-dealkylation sites (tertiary alicyclic amines) is 2. The fourth-order valence-electron chi connectivity index (χ4n) is 5.66. The van der Waals surface area contributed by atoms with Crippen molar-refractivity contribution in [1.82, 2.24) is 9.80 Å². The summed E-state index contributed by atoms with van der Waals surface area (Å²) in [5, 5.41) is 0. The summed E-state index contributed by atoms with van der Waals surface area (Å²) in [5.74, 6) is -0.104. The molecule has 1 atom stereocenters. The molecule has 2 aliphatic rings. The highest BCUT2D eigenvalue weighted by Crippen LogP contribution is 2.40. The third-order valence-corrected chi connectivity index (χ3v) is 7.87. The molecule has 4 nitrogen and oxygen atoms in total. The van der Waals surface area contributed by atoms with Crippen LogP contribution < -0.4 is 0 Å². The lowest BCUT2D eigenvalue weighted by Crippen LogP contribution is -2.62. The Morgan fingerprint density at radius 2 is 1.27 bits per heavy atom. The van der Waals surface area contributed by atoms with E-state index >= 15 is 0 Å². The third-order valence-electron chi connectivity index (χ3n) is 7.87. The molecule has 0 aromatic carbocycles. The van der Waals surface area contributed by atoms with Gasteiger partial charge < -0.3 is 4.90 Å². The second-order valence-corrected chi connectivity index (χ2v) is 11.2. The zero-order valence-corrected chi connectivity index (χ0v) is 20.8.